The lowest BCUT2D eigenvalue weighted by Crippen LogP contribution is -2.62. The number of hydrogen-bond acceptors (Lipinski definition) is 8. The van der Waals surface area contributed by atoms with Crippen molar-refractivity contribution in [2.45, 2.75) is 161 Å². The van der Waals surface area contributed by atoms with Crippen LogP contribution in [0, 0.1) is 51.2 Å². The zero-order chi connectivity index (χ0) is 37.6. The van der Waals surface area contributed by atoms with Crippen LogP contribution in [0.5, 0.6) is 0 Å². The van der Waals surface area contributed by atoms with Crippen molar-refractivity contribution in [1.82, 2.24) is 9.55 Å². The number of aromatic nitrogens is 2. The Morgan fingerprint density at radius 3 is 2.36 bits per heavy atom. The van der Waals surface area contributed by atoms with Crippen LogP contribution in [-0.2, 0) is 4.79 Å². The van der Waals surface area contributed by atoms with E-state index in [2.05, 4.69) is 50.4 Å². The number of aliphatic hydroxyl groups is 4. The van der Waals surface area contributed by atoms with E-state index in [1.165, 1.54) is 50.5 Å². The summed E-state index contributed by atoms with van der Waals surface area (Å²) in [4.78, 5) is 18.5. The van der Waals surface area contributed by atoms with Crippen molar-refractivity contribution in [3.63, 3.8) is 0 Å². The van der Waals surface area contributed by atoms with Gasteiger partial charge in [-0.25, -0.2) is 4.98 Å². The Hall–Kier alpha value is -1.10. The van der Waals surface area contributed by atoms with E-state index < -0.39 is 34.7 Å². The van der Waals surface area contributed by atoms with Crippen LogP contribution in [-0.4, -0.2) is 71.2 Å². The third-order valence-electron chi connectivity index (χ3n) is 17.0. The molecule has 2 heterocycles. The Balaban J connectivity index is 1.19. The maximum Gasteiger partial charge on any atom is 0.159 e. The fraction of sp³-hybridized carbons (Fsp3) is 0.818. The number of hydrogen-bond donors (Lipinski definition) is 4. The van der Waals surface area contributed by atoms with Gasteiger partial charge in [0.1, 0.15) is 0 Å². The molecule has 0 unspecified atom stereocenters. The average Bonchev–Trinajstić information content (AvgIpc) is 3.86. The minimum absolute atomic E-state index is 0.000217. The number of nitrogens with zero attached hydrogens (tertiary/aromatic N) is 2. The van der Waals surface area contributed by atoms with E-state index in [0.717, 1.165) is 49.2 Å². The number of carbonyl (C=O) groups excluding carboxylic acids is 1. The smallest absolute Gasteiger partial charge is 0.159 e. The quantitative estimate of drug-likeness (QED) is 0.166. The predicted molar refractivity (Wildman–Crippen MR) is 214 cm³/mol. The fourth-order valence-corrected chi connectivity index (χ4v) is 16.8. The number of allylic oxidation sites excluding steroid dienone is 2. The first kappa shape index (κ1) is 38.8. The molecular weight excluding hydrogens is 701 g/mol. The lowest BCUT2D eigenvalue weighted by atomic mass is 9.45. The molecule has 6 fully saturated rings. The van der Waals surface area contributed by atoms with E-state index in [-0.39, 0.29) is 53.3 Å². The Kier molecular flexibility index (Phi) is 10.3. The van der Waals surface area contributed by atoms with Crippen LogP contribution in [0.3, 0.4) is 0 Å². The molecule has 6 aliphatic carbocycles. The first-order chi connectivity index (χ1) is 25.1. The van der Waals surface area contributed by atoms with Gasteiger partial charge in [-0.1, -0.05) is 80.2 Å². The summed E-state index contributed by atoms with van der Waals surface area (Å²) < 4.78 is 2.29. The first-order valence-corrected chi connectivity index (χ1v) is 23.6. The van der Waals surface area contributed by atoms with Gasteiger partial charge in [0.15, 0.2) is 5.78 Å². The van der Waals surface area contributed by atoms with Crippen LogP contribution >= 0.6 is 21.6 Å². The molecule has 8 rings (SSSR count). The van der Waals surface area contributed by atoms with Crippen LogP contribution in [0.1, 0.15) is 137 Å². The molecule has 1 aromatic heterocycles. The van der Waals surface area contributed by atoms with Crippen molar-refractivity contribution in [2.24, 2.45) is 51.2 Å². The summed E-state index contributed by atoms with van der Waals surface area (Å²) in [6, 6.07) is 0.245. The zero-order valence-corrected chi connectivity index (χ0v) is 34.6. The van der Waals surface area contributed by atoms with E-state index >= 15 is 0 Å². The normalized spacial score (nSPS) is 47.3. The standard InChI is InChI=1S/C44H66N2O5S2/c1-27-32-17-29(44(51)34-19-37(48)35-20-38(49)39(50)23-41(35,4)31(34)10-14-42(32,44)5)24-52-53-25-30(46-16-15-45-26-46)22-40(2,3)33(18-36(27)47)28-9-8-13-43(21-28)11-6-7-12-43/h15-16,19,26-27,29-32,35-36,38-39,47,49-51H,6-14,17-18,20-25H2,1-5H3/b33-28+/t27-,29+,30+,31-,32+,35-,36+,38+,39-,41+,42+,44+/m0/s1. The second-order valence-electron chi connectivity index (χ2n) is 20.2. The SMILES string of the molecule is C[C@@H]1[C@H](O)C/C(=C2/CCCC3(CCCC3)C2)C(C)(C)C[C@@H](n2ccnc2)CSSC[C@H]2C[C@H]1[C@@]1(C)CC[C@H]3C(=CC(=O)[C@@H]4C[C@@H](O)[C@@H](O)C[C@@]43C)[C@]21O. The molecule has 0 amide bonds. The molecule has 9 heteroatoms. The summed E-state index contributed by atoms with van der Waals surface area (Å²) in [5.41, 5.74) is 2.14. The molecule has 7 nitrogen and oxygen atoms in total. The van der Waals surface area contributed by atoms with Gasteiger partial charge in [-0.3, -0.25) is 4.79 Å². The summed E-state index contributed by atoms with van der Waals surface area (Å²) in [6.45, 7) is 11.5. The van der Waals surface area contributed by atoms with Gasteiger partial charge in [-0.2, -0.15) is 0 Å². The summed E-state index contributed by atoms with van der Waals surface area (Å²) in [7, 11) is 3.77. The second-order valence-corrected chi connectivity index (χ2v) is 22.8. The maximum atomic E-state index is 14.0. The highest BCUT2D eigenvalue weighted by atomic mass is 33.1. The number of fused-ring (bicyclic) bond motifs is 9. The molecule has 0 radical (unpaired) electrons. The van der Waals surface area contributed by atoms with Gasteiger partial charge in [0.25, 0.3) is 0 Å². The molecule has 4 N–H and O–H groups in total. The van der Waals surface area contributed by atoms with Crippen LogP contribution in [0.4, 0.5) is 0 Å². The molecule has 53 heavy (non-hydrogen) atoms. The Bertz CT molecular complexity index is 1600. The minimum atomic E-state index is -1.19. The molecule has 1 saturated heterocycles. The second kappa shape index (κ2) is 14.1. The van der Waals surface area contributed by atoms with E-state index in [0.29, 0.717) is 18.3 Å². The maximum absolute atomic E-state index is 14.0. The summed E-state index contributed by atoms with van der Waals surface area (Å²) in [6.07, 6.45) is 20.6. The van der Waals surface area contributed by atoms with Gasteiger partial charge in [0.05, 0.1) is 30.2 Å². The van der Waals surface area contributed by atoms with Gasteiger partial charge in [0, 0.05) is 47.2 Å². The summed E-state index contributed by atoms with van der Waals surface area (Å²) >= 11 is 0. The highest BCUT2D eigenvalue weighted by Gasteiger charge is 2.70. The molecule has 7 aliphatic rings. The first-order valence-electron chi connectivity index (χ1n) is 21.1. The lowest BCUT2D eigenvalue weighted by molar-refractivity contribution is -0.158. The molecule has 5 saturated carbocycles. The molecule has 0 aromatic carbocycles. The minimum Gasteiger partial charge on any atom is -0.393 e. The molecule has 1 spiro atoms. The highest BCUT2D eigenvalue weighted by Crippen LogP contribution is 2.70. The predicted octanol–water partition coefficient (Wildman–Crippen LogP) is 8.48. The Morgan fingerprint density at radius 1 is 0.887 bits per heavy atom. The topological polar surface area (TPSA) is 116 Å². The van der Waals surface area contributed by atoms with Crippen molar-refractivity contribution < 1.29 is 25.2 Å². The monoisotopic (exact) mass is 766 g/mol. The number of carbonyl (C=O) groups is 1. The van der Waals surface area contributed by atoms with Crippen LogP contribution in [0.25, 0.3) is 0 Å². The highest BCUT2D eigenvalue weighted by molar-refractivity contribution is 8.76. The van der Waals surface area contributed by atoms with E-state index in [1.807, 2.05) is 34.1 Å². The fourth-order valence-electron chi connectivity index (χ4n) is 14.0. The number of imidazole rings is 1. The van der Waals surface area contributed by atoms with Crippen LogP contribution < -0.4 is 0 Å². The largest absolute Gasteiger partial charge is 0.393 e. The van der Waals surface area contributed by atoms with Crippen molar-refractivity contribution in [3.05, 3.63) is 41.5 Å². The average molecular weight is 767 g/mol. The summed E-state index contributed by atoms with van der Waals surface area (Å²) in [5.74, 6) is 1.34. The number of rotatable bonds is 1. The molecule has 2 bridgehead atoms. The molecule has 12 atom stereocenters. The van der Waals surface area contributed by atoms with Crippen molar-refractivity contribution in [2.75, 3.05) is 11.5 Å². The molecule has 1 aliphatic heterocycles. The Labute approximate surface area is 326 Å². The summed E-state index contributed by atoms with van der Waals surface area (Å²) in [5, 5.41) is 47.7. The van der Waals surface area contributed by atoms with Gasteiger partial charge in [0.2, 0.25) is 0 Å². The van der Waals surface area contributed by atoms with Gasteiger partial charge < -0.3 is 25.0 Å². The number of ketones is 1. The molecular formula is C44H66N2O5S2. The van der Waals surface area contributed by atoms with E-state index in [9.17, 15) is 25.2 Å². The lowest BCUT2D eigenvalue weighted by Gasteiger charge is -2.61. The molecule has 1 aromatic rings. The van der Waals surface area contributed by atoms with Gasteiger partial charge in [-0.05, 0) is 129 Å². The van der Waals surface area contributed by atoms with Crippen molar-refractivity contribution in [1.29, 1.82) is 0 Å². The van der Waals surface area contributed by atoms with Crippen molar-refractivity contribution in [3.8, 4) is 0 Å². The van der Waals surface area contributed by atoms with Crippen molar-refractivity contribution >= 4 is 27.4 Å². The number of aliphatic hydroxyl groups excluding tert-OH is 3. The Morgan fingerprint density at radius 2 is 1.62 bits per heavy atom. The zero-order valence-electron chi connectivity index (χ0n) is 32.9. The van der Waals surface area contributed by atoms with Gasteiger partial charge >= 0.3 is 0 Å². The molecule has 294 valence electrons. The van der Waals surface area contributed by atoms with Crippen LogP contribution in [0.2, 0.25) is 0 Å². The van der Waals surface area contributed by atoms with E-state index in [4.69, 9.17) is 0 Å². The third kappa shape index (κ3) is 6.31. The van der Waals surface area contributed by atoms with Gasteiger partial charge in [-0.15, -0.1) is 0 Å². The van der Waals surface area contributed by atoms with E-state index in [1.54, 1.807) is 11.6 Å². The third-order valence-corrected chi connectivity index (χ3v) is 19.6. The van der Waals surface area contributed by atoms with Crippen LogP contribution in [0.15, 0.2) is 41.5 Å².